The minimum Gasteiger partial charge on any atom is -0.460 e. The Kier molecular flexibility index (Phi) is 3.72. The molecule has 0 bridgehead atoms. The molecule has 1 aromatic rings. The van der Waals surface area contributed by atoms with Crippen molar-refractivity contribution in [2.45, 2.75) is 38.7 Å². The summed E-state index contributed by atoms with van der Waals surface area (Å²) in [4.78, 5) is 8.26. The Labute approximate surface area is 95.7 Å². The lowest BCUT2D eigenvalue weighted by atomic mass is 9.88. The van der Waals surface area contributed by atoms with Crippen molar-refractivity contribution in [2.75, 3.05) is 6.61 Å². The van der Waals surface area contributed by atoms with Crippen molar-refractivity contribution in [3.8, 4) is 6.01 Å². The summed E-state index contributed by atoms with van der Waals surface area (Å²) in [6.45, 7) is 2.25. The first kappa shape index (κ1) is 11.3. The van der Waals surface area contributed by atoms with Crippen LogP contribution in [0.3, 0.4) is 0 Å². The van der Waals surface area contributed by atoms with Crippen LogP contribution >= 0.6 is 0 Å². The summed E-state index contributed by atoms with van der Waals surface area (Å²) in [6, 6.07) is 0.470. The maximum absolute atomic E-state index is 9.03. The van der Waals surface area contributed by atoms with Gasteiger partial charge in [-0.3, -0.25) is 0 Å². The number of aryl methyl sites for hydroxylation is 1. The number of aromatic nitrogens is 2. The van der Waals surface area contributed by atoms with Crippen LogP contribution in [0, 0.1) is 12.8 Å². The number of hydrogen-bond acceptors (Lipinski definition) is 4. The fourth-order valence-electron chi connectivity index (χ4n) is 2.02. The second-order valence-corrected chi connectivity index (χ2v) is 4.49. The Morgan fingerprint density at radius 2 is 1.88 bits per heavy atom. The Morgan fingerprint density at radius 1 is 1.25 bits per heavy atom. The van der Waals surface area contributed by atoms with Crippen LogP contribution in [-0.4, -0.2) is 27.8 Å². The van der Waals surface area contributed by atoms with Crippen molar-refractivity contribution < 1.29 is 9.84 Å². The summed E-state index contributed by atoms with van der Waals surface area (Å²) in [6.07, 6.45) is 7.79. The first-order valence-corrected chi connectivity index (χ1v) is 5.84. The van der Waals surface area contributed by atoms with E-state index < -0.39 is 0 Å². The predicted molar refractivity (Wildman–Crippen MR) is 60.2 cm³/mol. The lowest BCUT2D eigenvalue weighted by Crippen LogP contribution is -2.26. The molecule has 1 saturated carbocycles. The molecule has 0 aliphatic heterocycles. The van der Waals surface area contributed by atoms with Gasteiger partial charge in [0, 0.05) is 19.0 Å². The van der Waals surface area contributed by atoms with Crippen LogP contribution in [0.4, 0.5) is 0 Å². The first-order chi connectivity index (χ1) is 7.78. The molecule has 1 N–H and O–H groups in total. The second-order valence-electron chi connectivity index (χ2n) is 4.49. The molecule has 16 heavy (non-hydrogen) atoms. The monoisotopic (exact) mass is 222 g/mol. The summed E-state index contributed by atoms with van der Waals surface area (Å²) in [5.74, 6) is 0.457. The van der Waals surface area contributed by atoms with E-state index in [4.69, 9.17) is 9.84 Å². The number of aliphatic hydroxyl groups excluding tert-OH is 1. The highest BCUT2D eigenvalue weighted by atomic mass is 16.5. The van der Waals surface area contributed by atoms with Crippen LogP contribution in [0.1, 0.15) is 31.2 Å². The summed E-state index contributed by atoms with van der Waals surface area (Å²) in [5.41, 5.74) is 1.04. The fraction of sp³-hybridized carbons (Fsp3) is 0.667. The molecule has 4 heteroatoms. The smallest absolute Gasteiger partial charge is 0.316 e. The molecule has 0 saturated heterocycles. The average Bonchev–Trinajstić information content (AvgIpc) is 2.33. The standard InChI is InChI=1S/C12H18N2O2/c1-9-6-13-12(14-7-9)16-11-4-2-10(8-15)3-5-11/h6-7,10-11,15H,2-5,8H2,1H3. The minimum atomic E-state index is 0.213. The van der Waals surface area contributed by atoms with Gasteiger partial charge in [0.2, 0.25) is 0 Å². The average molecular weight is 222 g/mol. The largest absolute Gasteiger partial charge is 0.460 e. The molecular weight excluding hydrogens is 204 g/mol. The SMILES string of the molecule is Cc1cnc(OC2CCC(CO)CC2)nc1. The molecule has 0 aromatic carbocycles. The third kappa shape index (κ3) is 2.92. The normalized spacial score (nSPS) is 25.4. The van der Waals surface area contributed by atoms with Crippen LogP contribution in [-0.2, 0) is 0 Å². The molecule has 88 valence electrons. The zero-order valence-electron chi connectivity index (χ0n) is 9.59. The van der Waals surface area contributed by atoms with Crippen LogP contribution in [0.2, 0.25) is 0 Å². The summed E-state index contributed by atoms with van der Waals surface area (Å²) >= 11 is 0. The number of nitrogens with zero attached hydrogens (tertiary/aromatic N) is 2. The highest BCUT2D eigenvalue weighted by Crippen LogP contribution is 2.26. The Hall–Kier alpha value is -1.16. The summed E-state index contributed by atoms with van der Waals surface area (Å²) < 4.78 is 5.70. The van der Waals surface area contributed by atoms with Gasteiger partial charge in [-0.05, 0) is 44.1 Å². The van der Waals surface area contributed by atoms with Gasteiger partial charge in [0.1, 0.15) is 6.10 Å². The minimum absolute atomic E-state index is 0.213. The molecule has 0 amide bonds. The maximum Gasteiger partial charge on any atom is 0.316 e. The van der Waals surface area contributed by atoms with Crippen molar-refractivity contribution in [2.24, 2.45) is 5.92 Å². The van der Waals surface area contributed by atoms with Gasteiger partial charge in [0.15, 0.2) is 0 Å². The highest BCUT2D eigenvalue weighted by molar-refractivity contribution is 5.04. The number of ether oxygens (including phenoxy) is 1. The van der Waals surface area contributed by atoms with Crippen molar-refractivity contribution in [1.29, 1.82) is 0 Å². The Morgan fingerprint density at radius 3 is 2.44 bits per heavy atom. The number of aliphatic hydroxyl groups is 1. The van der Waals surface area contributed by atoms with Gasteiger partial charge >= 0.3 is 6.01 Å². The van der Waals surface area contributed by atoms with Crippen LogP contribution < -0.4 is 4.74 Å². The molecule has 0 atom stereocenters. The Balaban J connectivity index is 1.84. The molecular formula is C12H18N2O2. The van der Waals surface area contributed by atoms with Gasteiger partial charge in [-0.2, -0.15) is 0 Å². The molecule has 1 aromatic heterocycles. The van der Waals surface area contributed by atoms with E-state index in [2.05, 4.69) is 9.97 Å². The zero-order valence-corrected chi connectivity index (χ0v) is 9.59. The van der Waals surface area contributed by atoms with Gasteiger partial charge in [-0.15, -0.1) is 0 Å². The molecule has 0 spiro atoms. The third-order valence-corrected chi connectivity index (χ3v) is 3.08. The molecule has 1 aliphatic rings. The number of rotatable bonds is 3. The van der Waals surface area contributed by atoms with Crippen LogP contribution in [0.15, 0.2) is 12.4 Å². The van der Waals surface area contributed by atoms with Crippen molar-refractivity contribution in [3.05, 3.63) is 18.0 Å². The van der Waals surface area contributed by atoms with E-state index in [1.165, 1.54) is 0 Å². The predicted octanol–water partition coefficient (Wildman–Crippen LogP) is 1.71. The lowest BCUT2D eigenvalue weighted by molar-refractivity contribution is 0.0966. The quantitative estimate of drug-likeness (QED) is 0.846. The fourth-order valence-corrected chi connectivity index (χ4v) is 2.02. The maximum atomic E-state index is 9.03. The summed E-state index contributed by atoms with van der Waals surface area (Å²) in [7, 11) is 0. The van der Waals surface area contributed by atoms with Gasteiger partial charge in [0.05, 0.1) is 0 Å². The van der Waals surface area contributed by atoms with Crippen molar-refractivity contribution in [3.63, 3.8) is 0 Å². The second kappa shape index (κ2) is 5.25. The van der Waals surface area contributed by atoms with E-state index in [9.17, 15) is 0 Å². The molecule has 4 nitrogen and oxygen atoms in total. The molecule has 0 radical (unpaired) electrons. The topological polar surface area (TPSA) is 55.2 Å². The van der Waals surface area contributed by atoms with Crippen molar-refractivity contribution in [1.82, 2.24) is 9.97 Å². The lowest BCUT2D eigenvalue weighted by Gasteiger charge is -2.26. The first-order valence-electron chi connectivity index (χ1n) is 5.84. The van der Waals surface area contributed by atoms with E-state index in [-0.39, 0.29) is 6.10 Å². The molecule has 1 fully saturated rings. The van der Waals surface area contributed by atoms with E-state index in [1.807, 2.05) is 6.92 Å². The van der Waals surface area contributed by atoms with E-state index in [0.717, 1.165) is 31.2 Å². The molecule has 2 rings (SSSR count). The third-order valence-electron chi connectivity index (χ3n) is 3.08. The highest BCUT2D eigenvalue weighted by Gasteiger charge is 2.22. The van der Waals surface area contributed by atoms with Gasteiger partial charge in [-0.25, -0.2) is 9.97 Å². The summed E-state index contributed by atoms with van der Waals surface area (Å²) in [5, 5.41) is 9.03. The Bertz CT molecular complexity index is 318. The van der Waals surface area contributed by atoms with Gasteiger partial charge in [0.25, 0.3) is 0 Å². The van der Waals surface area contributed by atoms with E-state index in [1.54, 1.807) is 12.4 Å². The van der Waals surface area contributed by atoms with Crippen LogP contribution in [0.25, 0.3) is 0 Å². The van der Waals surface area contributed by atoms with Crippen LogP contribution in [0.5, 0.6) is 6.01 Å². The molecule has 0 unspecified atom stereocenters. The van der Waals surface area contributed by atoms with Gasteiger partial charge < -0.3 is 9.84 Å². The molecule has 1 aliphatic carbocycles. The zero-order chi connectivity index (χ0) is 11.4. The van der Waals surface area contributed by atoms with Crippen molar-refractivity contribution >= 4 is 0 Å². The number of hydrogen-bond donors (Lipinski definition) is 1. The molecule has 1 heterocycles. The van der Waals surface area contributed by atoms with E-state index in [0.29, 0.717) is 18.5 Å². The van der Waals surface area contributed by atoms with E-state index >= 15 is 0 Å². The van der Waals surface area contributed by atoms with Gasteiger partial charge in [-0.1, -0.05) is 0 Å².